The molecular formula is C15H16ClFN2. The molecule has 0 amide bonds. The third-order valence-corrected chi connectivity index (χ3v) is 3.32. The Morgan fingerprint density at radius 3 is 2.32 bits per heavy atom. The first-order valence-electron chi connectivity index (χ1n) is 6.19. The van der Waals surface area contributed by atoms with Gasteiger partial charge in [-0.25, -0.2) is 4.39 Å². The molecule has 0 fully saturated rings. The van der Waals surface area contributed by atoms with E-state index in [0.29, 0.717) is 0 Å². The summed E-state index contributed by atoms with van der Waals surface area (Å²) in [6, 6.07) is 11.1. The number of rotatable bonds is 4. The lowest BCUT2D eigenvalue weighted by atomic mass is 10.1. The van der Waals surface area contributed by atoms with E-state index in [1.165, 1.54) is 12.3 Å². The fraction of sp³-hybridized carbons (Fsp3) is 0.267. The molecule has 0 saturated carbocycles. The van der Waals surface area contributed by atoms with E-state index in [-0.39, 0.29) is 17.9 Å². The number of pyridine rings is 1. The summed E-state index contributed by atoms with van der Waals surface area (Å²) in [5, 5.41) is 4.15. The van der Waals surface area contributed by atoms with E-state index in [1.54, 1.807) is 6.07 Å². The summed E-state index contributed by atoms with van der Waals surface area (Å²) in [7, 11) is 0. The first-order valence-corrected chi connectivity index (χ1v) is 6.57. The Balaban J connectivity index is 2.03. The molecule has 2 atom stereocenters. The van der Waals surface area contributed by atoms with Crippen molar-refractivity contribution in [1.82, 2.24) is 10.3 Å². The number of hydrogen-bond donors (Lipinski definition) is 1. The Kier molecular flexibility index (Phi) is 4.51. The largest absolute Gasteiger partial charge is 0.302 e. The van der Waals surface area contributed by atoms with E-state index >= 15 is 0 Å². The first-order chi connectivity index (χ1) is 9.06. The lowest BCUT2D eigenvalue weighted by molar-refractivity contribution is 0.484. The molecule has 1 N–H and O–H groups in total. The molecule has 0 spiro atoms. The van der Waals surface area contributed by atoms with Crippen molar-refractivity contribution in [1.29, 1.82) is 0 Å². The van der Waals surface area contributed by atoms with Gasteiger partial charge in [-0.15, -0.1) is 0 Å². The minimum absolute atomic E-state index is 0.0475. The van der Waals surface area contributed by atoms with Crippen molar-refractivity contribution in [2.24, 2.45) is 0 Å². The van der Waals surface area contributed by atoms with Crippen LogP contribution < -0.4 is 5.32 Å². The number of nitrogens with zero attached hydrogens (tertiary/aromatic N) is 1. The Morgan fingerprint density at radius 1 is 1.05 bits per heavy atom. The molecule has 0 bridgehead atoms. The minimum atomic E-state index is -0.318. The van der Waals surface area contributed by atoms with E-state index in [1.807, 2.05) is 31.2 Å². The van der Waals surface area contributed by atoms with Crippen LogP contribution in [0.5, 0.6) is 0 Å². The van der Waals surface area contributed by atoms with Crippen LogP contribution in [0.4, 0.5) is 4.39 Å². The fourth-order valence-corrected chi connectivity index (χ4v) is 2.08. The lowest BCUT2D eigenvalue weighted by Gasteiger charge is -2.20. The summed E-state index contributed by atoms with van der Waals surface area (Å²) >= 11 is 5.87. The number of nitrogens with one attached hydrogen (secondary N) is 1. The second-order valence-electron chi connectivity index (χ2n) is 4.56. The van der Waals surface area contributed by atoms with Crippen LogP contribution in [-0.4, -0.2) is 4.98 Å². The summed E-state index contributed by atoms with van der Waals surface area (Å²) in [5.41, 5.74) is 1.97. The Labute approximate surface area is 117 Å². The van der Waals surface area contributed by atoms with E-state index in [4.69, 9.17) is 11.6 Å². The standard InChI is InChI=1S/C15H16ClFN2/c1-10(12-3-5-13(16)6-4-12)19-11(2)15-8-7-14(17)9-18-15/h3-11,19H,1-2H3/t10-,11?/m0/s1. The summed E-state index contributed by atoms with van der Waals surface area (Å²) in [6.07, 6.45) is 1.24. The van der Waals surface area contributed by atoms with E-state index < -0.39 is 0 Å². The molecule has 2 nitrogen and oxygen atoms in total. The maximum atomic E-state index is 12.8. The highest BCUT2D eigenvalue weighted by Gasteiger charge is 2.12. The van der Waals surface area contributed by atoms with E-state index in [2.05, 4.69) is 17.2 Å². The predicted octanol–water partition coefficient (Wildman–Crippen LogP) is 4.29. The highest BCUT2D eigenvalue weighted by molar-refractivity contribution is 6.30. The summed E-state index contributed by atoms with van der Waals surface area (Å²) in [6.45, 7) is 4.08. The summed E-state index contributed by atoms with van der Waals surface area (Å²) in [4.78, 5) is 4.08. The van der Waals surface area contributed by atoms with Gasteiger partial charge in [0.1, 0.15) is 5.82 Å². The van der Waals surface area contributed by atoms with Crippen molar-refractivity contribution in [3.63, 3.8) is 0 Å². The highest BCUT2D eigenvalue weighted by atomic mass is 35.5. The smallest absolute Gasteiger partial charge is 0.141 e. The predicted molar refractivity (Wildman–Crippen MR) is 75.6 cm³/mol. The highest BCUT2D eigenvalue weighted by Crippen LogP contribution is 2.20. The van der Waals surface area contributed by atoms with Gasteiger partial charge in [0.15, 0.2) is 0 Å². The molecule has 0 saturated heterocycles. The van der Waals surface area contributed by atoms with Gasteiger partial charge in [0, 0.05) is 17.1 Å². The van der Waals surface area contributed by atoms with Gasteiger partial charge in [0.25, 0.3) is 0 Å². The van der Waals surface area contributed by atoms with Crippen molar-refractivity contribution >= 4 is 11.6 Å². The van der Waals surface area contributed by atoms with Crippen LogP contribution in [0.1, 0.15) is 37.2 Å². The molecule has 2 aromatic rings. The lowest BCUT2D eigenvalue weighted by Crippen LogP contribution is -2.23. The van der Waals surface area contributed by atoms with Gasteiger partial charge in [-0.05, 0) is 43.7 Å². The number of halogens is 2. The molecular weight excluding hydrogens is 263 g/mol. The van der Waals surface area contributed by atoms with Gasteiger partial charge in [0.05, 0.1) is 11.9 Å². The number of benzene rings is 1. The molecule has 0 radical (unpaired) electrons. The Bertz CT molecular complexity index is 475. The molecule has 100 valence electrons. The van der Waals surface area contributed by atoms with Gasteiger partial charge in [-0.1, -0.05) is 23.7 Å². The van der Waals surface area contributed by atoms with Crippen LogP contribution in [0.25, 0.3) is 0 Å². The first kappa shape index (κ1) is 14.0. The van der Waals surface area contributed by atoms with Crippen LogP contribution >= 0.6 is 11.6 Å². The third kappa shape index (κ3) is 3.75. The van der Waals surface area contributed by atoms with Gasteiger partial charge < -0.3 is 5.32 Å². The maximum absolute atomic E-state index is 12.8. The SMILES string of the molecule is CC(N[C@@H](C)c1ccc(Cl)cc1)c1ccc(F)cn1. The second-order valence-corrected chi connectivity index (χ2v) is 5.00. The molecule has 2 rings (SSSR count). The molecule has 19 heavy (non-hydrogen) atoms. The third-order valence-electron chi connectivity index (χ3n) is 3.06. The van der Waals surface area contributed by atoms with Crippen LogP contribution in [0.15, 0.2) is 42.6 Å². The molecule has 0 aliphatic rings. The summed E-state index contributed by atoms with van der Waals surface area (Å²) < 4.78 is 12.8. The average Bonchev–Trinajstić information content (AvgIpc) is 2.40. The topological polar surface area (TPSA) is 24.9 Å². The van der Waals surface area contributed by atoms with Crippen LogP contribution in [0.2, 0.25) is 5.02 Å². The van der Waals surface area contributed by atoms with Crippen molar-refractivity contribution in [2.75, 3.05) is 0 Å². The number of hydrogen-bond acceptors (Lipinski definition) is 2. The van der Waals surface area contributed by atoms with E-state index in [0.717, 1.165) is 16.3 Å². The quantitative estimate of drug-likeness (QED) is 0.903. The monoisotopic (exact) mass is 278 g/mol. The number of aromatic nitrogens is 1. The summed E-state index contributed by atoms with van der Waals surface area (Å²) in [5.74, 6) is -0.318. The fourth-order valence-electron chi connectivity index (χ4n) is 1.95. The molecule has 4 heteroatoms. The zero-order valence-electron chi connectivity index (χ0n) is 10.9. The Morgan fingerprint density at radius 2 is 1.74 bits per heavy atom. The van der Waals surface area contributed by atoms with Crippen molar-refractivity contribution in [3.8, 4) is 0 Å². The van der Waals surface area contributed by atoms with E-state index in [9.17, 15) is 4.39 Å². The molecule has 0 aliphatic heterocycles. The van der Waals surface area contributed by atoms with Crippen LogP contribution in [0, 0.1) is 5.82 Å². The normalized spacial score (nSPS) is 14.1. The van der Waals surface area contributed by atoms with Gasteiger partial charge in [0.2, 0.25) is 0 Å². The molecule has 1 unspecified atom stereocenters. The van der Waals surface area contributed by atoms with Gasteiger partial charge >= 0.3 is 0 Å². The van der Waals surface area contributed by atoms with Crippen molar-refractivity contribution in [2.45, 2.75) is 25.9 Å². The van der Waals surface area contributed by atoms with Gasteiger partial charge in [-0.3, -0.25) is 4.98 Å². The molecule has 1 aromatic carbocycles. The zero-order chi connectivity index (χ0) is 13.8. The maximum Gasteiger partial charge on any atom is 0.141 e. The van der Waals surface area contributed by atoms with Gasteiger partial charge in [-0.2, -0.15) is 0 Å². The molecule has 1 heterocycles. The zero-order valence-corrected chi connectivity index (χ0v) is 11.7. The van der Waals surface area contributed by atoms with Crippen LogP contribution in [0.3, 0.4) is 0 Å². The Hall–Kier alpha value is -1.45. The molecule has 0 aliphatic carbocycles. The van der Waals surface area contributed by atoms with Crippen molar-refractivity contribution < 1.29 is 4.39 Å². The molecule has 1 aromatic heterocycles. The minimum Gasteiger partial charge on any atom is -0.302 e. The van der Waals surface area contributed by atoms with Crippen LogP contribution in [-0.2, 0) is 0 Å². The van der Waals surface area contributed by atoms with Crippen molar-refractivity contribution in [3.05, 3.63) is 64.7 Å². The average molecular weight is 279 g/mol. The second kappa shape index (κ2) is 6.13.